The molecule has 0 aliphatic carbocycles. The van der Waals surface area contributed by atoms with Gasteiger partial charge in [0.05, 0.1) is 24.3 Å². The number of ether oxygens (including phenoxy) is 1. The number of fused-ring (bicyclic) bond motifs is 1. The van der Waals surface area contributed by atoms with Gasteiger partial charge in [0.25, 0.3) is 11.8 Å². The third kappa shape index (κ3) is 3.44. The van der Waals surface area contributed by atoms with Crippen LogP contribution >= 0.6 is 0 Å². The summed E-state index contributed by atoms with van der Waals surface area (Å²) in [6.45, 7) is 3.83. The minimum Gasteiger partial charge on any atom is -0.379 e. The van der Waals surface area contributed by atoms with Crippen LogP contribution < -0.4 is 0 Å². The van der Waals surface area contributed by atoms with Gasteiger partial charge in [-0.25, -0.2) is 9.78 Å². The van der Waals surface area contributed by atoms with E-state index in [1.54, 1.807) is 24.4 Å². The number of benzene rings is 1. The highest BCUT2D eigenvalue weighted by Crippen LogP contribution is 2.23. The van der Waals surface area contributed by atoms with Gasteiger partial charge in [-0.05, 0) is 23.8 Å². The molecule has 2 amide bonds. The van der Waals surface area contributed by atoms with Crippen molar-refractivity contribution in [3.63, 3.8) is 0 Å². The van der Waals surface area contributed by atoms with E-state index in [-0.39, 0.29) is 16.8 Å². The predicted molar refractivity (Wildman–Crippen MR) is 92.7 cm³/mol. The molecular formula is C19H17N3O5. The molecule has 3 heterocycles. The van der Waals surface area contributed by atoms with Crippen molar-refractivity contribution in [2.75, 3.05) is 26.3 Å². The van der Waals surface area contributed by atoms with Crippen molar-refractivity contribution in [3.05, 3.63) is 65.0 Å². The summed E-state index contributed by atoms with van der Waals surface area (Å²) in [6, 6.07) is 9.62. The van der Waals surface area contributed by atoms with E-state index in [2.05, 4.69) is 9.88 Å². The maximum absolute atomic E-state index is 12.3. The van der Waals surface area contributed by atoms with E-state index in [0.717, 1.165) is 18.7 Å². The Morgan fingerprint density at radius 1 is 1.04 bits per heavy atom. The minimum absolute atomic E-state index is 0.0253. The Bertz CT molecular complexity index is 855. The third-order valence-electron chi connectivity index (χ3n) is 4.47. The van der Waals surface area contributed by atoms with Gasteiger partial charge in [0.1, 0.15) is 0 Å². The molecule has 0 atom stereocenters. The van der Waals surface area contributed by atoms with Crippen LogP contribution in [0.3, 0.4) is 0 Å². The largest absolute Gasteiger partial charge is 0.382 e. The van der Waals surface area contributed by atoms with Crippen LogP contribution in [-0.2, 0) is 16.1 Å². The summed E-state index contributed by atoms with van der Waals surface area (Å²) in [6.07, 6.45) is 1.59. The van der Waals surface area contributed by atoms with Crippen molar-refractivity contribution in [2.24, 2.45) is 0 Å². The average molecular weight is 367 g/mol. The molecule has 138 valence electrons. The molecule has 1 fully saturated rings. The van der Waals surface area contributed by atoms with Gasteiger partial charge in [-0.1, -0.05) is 23.3 Å². The third-order valence-corrected chi connectivity index (χ3v) is 4.47. The lowest BCUT2D eigenvalue weighted by Crippen LogP contribution is -2.35. The highest BCUT2D eigenvalue weighted by molar-refractivity contribution is 6.21. The van der Waals surface area contributed by atoms with Crippen LogP contribution in [0.1, 0.15) is 36.8 Å². The second kappa shape index (κ2) is 7.26. The molecule has 8 nitrogen and oxygen atoms in total. The van der Waals surface area contributed by atoms with Crippen molar-refractivity contribution >= 4 is 17.8 Å². The Morgan fingerprint density at radius 2 is 1.70 bits per heavy atom. The SMILES string of the molecule is O=C(ON1C(=O)c2ccccc2C1=O)c1ccc(CN2CCOCC2)cn1. The topological polar surface area (TPSA) is 89.0 Å². The van der Waals surface area contributed by atoms with E-state index in [1.165, 1.54) is 18.2 Å². The first-order chi connectivity index (χ1) is 13.1. The fraction of sp³-hybridized carbons (Fsp3) is 0.263. The number of morpholine rings is 1. The van der Waals surface area contributed by atoms with Crippen molar-refractivity contribution in [1.82, 2.24) is 14.9 Å². The monoisotopic (exact) mass is 367 g/mol. The van der Waals surface area contributed by atoms with E-state index >= 15 is 0 Å². The lowest BCUT2D eigenvalue weighted by atomic mass is 10.1. The average Bonchev–Trinajstić information content (AvgIpc) is 2.94. The molecule has 0 spiro atoms. The van der Waals surface area contributed by atoms with Crippen LogP contribution in [0.25, 0.3) is 0 Å². The second-order valence-electron chi connectivity index (χ2n) is 6.27. The molecule has 0 radical (unpaired) electrons. The molecule has 2 aliphatic rings. The first kappa shape index (κ1) is 17.3. The molecule has 0 saturated carbocycles. The van der Waals surface area contributed by atoms with Crippen LogP contribution in [0, 0.1) is 0 Å². The van der Waals surface area contributed by atoms with Gasteiger partial charge in [-0.15, -0.1) is 0 Å². The molecule has 0 bridgehead atoms. The van der Waals surface area contributed by atoms with Crippen LogP contribution in [0.2, 0.25) is 0 Å². The van der Waals surface area contributed by atoms with E-state index < -0.39 is 17.8 Å². The number of hydrogen-bond donors (Lipinski definition) is 0. The molecule has 0 N–H and O–H groups in total. The zero-order chi connectivity index (χ0) is 18.8. The maximum Gasteiger partial charge on any atom is 0.382 e. The number of carbonyl (C=O) groups excluding carboxylic acids is 3. The first-order valence-corrected chi connectivity index (χ1v) is 8.58. The van der Waals surface area contributed by atoms with Crippen molar-refractivity contribution < 1.29 is 24.0 Å². The zero-order valence-electron chi connectivity index (χ0n) is 14.5. The number of imide groups is 1. The standard InChI is InChI=1S/C19H17N3O5/c23-17-14-3-1-2-4-15(14)18(24)22(17)27-19(25)16-6-5-13(11-20-16)12-21-7-9-26-10-8-21/h1-6,11H,7-10,12H2. The Labute approximate surface area is 155 Å². The molecular weight excluding hydrogens is 350 g/mol. The summed E-state index contributed by atoms with van der Waals surface area (Å²) in [5.41, 5.74) is 1.40. The zero-order valence-corrected chi connectivity index (χ0v) is 14.5. The molecule has 4 rings (SSSR count). The van der Waals surface area contributed by atoms with E-state index in [0.29, 0.717) is 24.8 Å². The normalized spacial score (nSPS) is 17.1. The molecule has 1 aromatic heterocycles. The van der Waals surface area contributed by atoms with Crippen LogP contribution in [0.5, 0.6) is 0 Å². The van der Waals surface area contributed by atoms with Gasteiger partial charge >= 0.3 is 5.97 Å². The fourth-order valence-corrected chi connectivity index (χ4v) is 3.04. The van der Waals surface area contributed by atoms with Gasteiger partial charge in [0, 0.05) is 25.8 Å². The first-order valence-electron chi connectivity index (χ1n) is 8.58. The fourth-order valence-electron chi connectivity index (χ4n) is 3.04. The number of carbonyl (C=O) groups is 3. The maximum atomic E-state index is 12.3. The molecule has 27 heavy (non-hydrogen) atoms. The van der Waals surface area contributed by atoms with Crippen LogP contribution in [0.4, 0.5) is 0 Å². The van der Waals surface area contributed by atoms with Gasteiger partial charge in [-0.3, -0.25) is 14.5 Å². The summed E-state index contributed by atoms with van der Waals surface area (Å²) in [5, 5.41) is 0.482. The predicted octanol–water partition coefficient (Wildman–Crippen LogP) is 1.28. The van der Waals surface area contributed by atoms with E-state index in [9.17, 15) is 14.4 Å². The lowest BCUT2D eigenvalue weighted by molar-refractivity contribution is -0.0588. The highest BCUT2D eigenvalue weighted by Gasteiger charge is 2.38. The summed E-state index contributed by atoms with van der Waals surface area (Å²) in [5.74, 6) is -2.18. The number of rotatable bonds is 4. The number of nitrogens with zero attached hydrogens (tertiary/aromatic N) is 3. The Kier molecular flexibility index (Phi) is 4.66. The Balaban J connectivity index is 1.41. The number of aromatic nitrogens is 1. The highest BCUT2D eigenvalue weighted by atomic mass is 16.7. The number of pyridine rings is 1. The summed E-state index contributed by atoms with van der Waals surface area (Å²) >= 11 is 0. The van der Waals surface area contributed by atoms with E-state index in [4.69, 9.17) is 9.57 Å². The van der Waals surface area contributed by atoms with Crippen molar-refractivity contribution in [1.29, 1.82) is 0 Å². The quantitative estimate of drug-likeness (QED) is 0.752. The van der Waals surface area contributed by atoms with Gasteiger partial charge in [0.15, 0.2) is 5.69 Å². The smallest absolute Gasteiger partial charge is 0.379 e. The second-order valence-corrected chi connectivity index (χ2v) is 6.27. The molecule has 0 unspecified atom stereocenters. The van der Waals surface area contributed by atoms with Gasteiger partial charge in [-0.2, -0.15) is 0 Å². The summed E-state index contributed by atoms with van der Waals surface area (Å²) in [4.78, 5) is 48.1. The van der Waals surface area contributed by atoms with Crippen LogP contribution in [-0.4, -0.2) is 59.0 Å². The van der Waals surface area contributed by atoms with E-state index in [1.807, 2.05) is 0 Å². The van der Waals surface area contributed by atoms with Crippen LogP contribution in [0.15, 0.2) is 42.6 Å². The Hall–Kier alpha value is -3.10. The molecule has 2 aromatic rings. The molecule has 1 saturated heterocycles. The Morgan fingerprint density at radius 3 is 2.30 bits per heavy atom. The number of hydroxylamine groups is 2. The number of hydrogen-bond acceptors (Lipinski definition) is 7. The molecule has 8 heteroatoms. The summed E-state index contributed by atoms with van der Waals surface area (Å²) in [7, 11) is 0. The van der Waals surface area contributed by atoms with Crippen molar-refractivity contribution in [2.45, 2.75) is 6.54 Å². The molecule has 1 aromatic carbocycles. The summed E-state index contributed by atoms with van der Waals surface area (Å²) < 4.78 is 5.31. The number of amides is 2. The molecule has 2 aliphatic heterocycles. The van der Waals surface area contributed by atoms with Gasteiger partial charge in [0.2, 0.25) is 0 Å². The minimum atomic E-state index is -0.859. The van der Waals surface area contributed by atoms with Gasteiger partial charge < -0.3 is 9.57 Å². The lowest BCUT2D eigenvalue weighted by Gasteiger charge is -2.26. The van der Waals surface area contributed by atoms with Crippen molar-refractivity contribution in [3.8, 4) is 0 Å².